The van der Waals surface area contributed by atoms with Crippen LogP contribution in [0.15, 0.2) is 23.8 Å². The first-order chi connectivity index (χ1) is 10.9. The van der Waals surface area contributed by atoms with Crippen molar-refractivity contribution in [1.29, 1.82) is 0 Å². The summed E-state index contributed by atoms with van der Waals surface area (Å²) in [6.45, 7) is 8.39. The van der Waals surface area contributed by atoms with Gasteiger partial charge in [0.05, 0.1) is 0 Å². The second-order valence-corrected chi connectivity index (χ2v) is 8.75. The summed E-state index contributed by atoms with van der Waals surface area (Å²) in [6.07, 6.45) is 9.50. The van der Waals surface area contributed by atoms with Crippen LogP contribution in [0.5, 0.6) is 0 Å². The van der Waals surface area contributed by atoms with Crippen molar-refractivity contribution in [3.05, 3.63) is 23.8 Å². The standard InChI is InChI=1S/C21H28O2/c1-12-10-19-18-6-4-14-11-15(23)5-7-16(14)17(18)8-9-21(19,3)20(12)13(2)22/h11,16-20H,1,4-10H2,2-3H3/t16-,17?,18+,19?,20+,21?/m0/s1. The number of fused-ring (bicyclic) bond motifs is 5. The zero-order valence-corrected chi connectivity index (χ0v) is 14.4. The van der Waals surface area contributed by atoms with Crippen molar-refractivity contribution in [2.75, 3.05) is 0 Å². The van der Waals surface area contributed by atoms with E-state index in [9.17, 15) is 9.59 Å². The van der Waals surface area contributed by atoms with Gasteiger partial charge < -0.3 is 0 Å². The Kier molecular flexibility index (Phi) is 3.44. The number of Topliss-reactive ketones (excluding diaryl/α,β-unsaturated/α-hetero) is 1. The Hall–Kier alpha value is -1.18. The van der Waals surface area contributed by atoms with Gasteiger partial charge in [-0.05, 0) is 80.6 Å². The molecule has 0 amide bonds. The Morgan fingerprint density at radius 3 is 2.74 bits per heavy atom. The van der Waals surface area contributed by atoms with Crippen molar-refractivity contribution < 1.29 is 9.59 Å². The Bertz CT molecular complexity index is 613. The minimum atomic E-state index is 0.0818. The maximum absolute atomic E-state index is 12.2. The Labute approximate surface area is 139 Å². The maximum Gasteiger partial charge on any atom is 0.155 e. The van der Waals surface area contributed by atoms with Gasteiger partial charge in [0.2, 0.25) is 0 Å². The molecule has 0 radical (unpaired) electrons. The van der Waals surface area contributed by atoms with Gasteiger partial charge in [-0.2, -0.15) is 0 Å². The van der Waals surface area contributed by atoms with Crippen molar-refractivity contribution >= 4 is 11.6 Å². The van der Waals surface area contributed by atoms with Crippen molar-refractivity contribution in [1.82, 2.24) is 0 Å². The molecule has 6 atom stereocenters. The third kappa shape index (κ3) is 2.13. The monoisotopic (exact) mass is 312 g/mol. The van der Waals surface area contributed by atoms with Crippen LogP contribution in [-0.2, 0) is 9.59 Å². The third-order valence-corrected chi connectivity index (χ3v) is 7.69. The average molecular weight is 312 g/mol. The molecule has 23 heavy (non-hydrogen) atoms. The van der Waals surface area contributed by atoms with Crippen molar-refractivity contribution in [3.63, 3.8) is 0 Å². The van der Waals surface area contributed by atoms with Crippen LogP contribution in [0, 0.1) is 35.0 Å². The highest BCUT2D eigenvalue weighted by molar-refractivity contribution is 5.91. The van der Waals surface area contributed by atoms with Gasteiger partial charge in [0, 0.05) is 12.3 Å². The van der Waals surface area contributed by atoms with Gasteiger partial charge in [-0.15, -0.1) is 0 Å². The van der Waals surface area contributed by atoms with Gasteiger partial charge in [0.15, 0.2) is 5.78 Å². The van der Waals surface area contributed by atoms with E-state index in [-0.39, 0.29) is 11.3 Å². The molecule has 0 aromatic rings. The topological polar surface area (TPSA) is 34.1 Å². The molecule has 3 fully saturated rings. The molecular formula is C21H28O2. The van der Waals surface area contributed by atoms with Crippen LogP contribution >= 0.6 is 0 Å². The van der Waals surface area contributed by atoms with Gasteiger partial charge in [-0.25, -0.2) is 0 Å². The molecule has 0 aromatic heterocycles. The molecule has 4 rings (SSSR count). The van der Waals surface area contributed by atoms with Crippen molar-refractivity contribution in [2.24, 2.45) is 35.0 Å². The Balaban J connectivity index is 1.65. The predicted molar refractivity (Wildman–Crippen MR) is 90.8 cm³/mol. The summed E-state index contributed by atoms with van der Waals surface area (Å²) in [5, 5.41) is 0. The molecule has 0 bridgehead atoms. The van der Waals surface area contributed by atoms with Gasteiger partial charge in [0.25, 0.3) is 0 Å². The van der Waals surface area contributed by atoms with Crippen LogP contribution in [0.3, 0.4) is 0 Å². The minimum absolute atomic E-state index is 0.0818. The van der Waals surface area contributed by atoms with Crippen LogP contribution < -0.4 is 0 Å². The molecule has 2 heteroatoms. The third-order valence-electron chi connectivity index (χ3n) is 7.69. The fourth-order valence-electron chi connectivity index (χ4n) is 6.89. The second-order valence-electron chi connectivity index (χ2n) is 8.75. The highest BCUT2D eigenvalue weighted by atomic mass is 16.1. The summed E-state index contributed by atoms with van der Waals surface area (Å²) in [5.74, 6) is 3.46. The van der Waals surface area contributed by atoms with E-state index in [1.165, 1.54) is 24.0 Å². The number of hydrogen-bond acceptors (Lipinski definition) is 2. The predicted octanol–water partition coefficient (Wildman–Crippen LogP) is 4.50. The number of rotatable bonds is 1. The quantitative estimate of drug-likeness (QED) is 0.668. The molecule has 0 spiro atoms. The van der Waals surface area contributed by atoms with Crippen LogP contribution in [0.1, 0.15) is 58.8 Å². The maximum atomic E-state index is 12.2. The fourth-order valence-corrected chi connectivity index (χ4v) is 6.89. The van der Waals surface area contributed by atoms with E-state index < -0.39 is 0 Å². The molecule has 124 valence electrons. The van der Waals surface area contributed by atoms with E-state index >= 15 is 0 Å². The second kappa shape index (κ2) is 5.16. The summed E-state index contributed by atoms with van der Waals surface area (Å²) < 4.78 is 0. The highest BCUT2D eigenvalue weighted by Gasteiger charge is 2.58. The van der Waals surface area contributed by atoms with E-state index in [0.717, 1.165) is 43.9 Å². The molecular weight excluding hydrogens is 284 g/mol. The van der Waals surface area contributed by atoms with E-state index in [4.69, 9.17) is 0 Å². The average Bonchev–Trinajstić information content (AvgIpc) is 2.77. The van der Waals surface area contributed by atoms with Gasteiger partial charge >= 0.3 is 0 Å². The van der Waals surface area contributed by atoms with Crippen LogP contribution in [0.2, 0.25) is 0 Å². The summed E-state index contributed by atoms with van der Waals surface area (Å²) in [5.41, 5.74) is 2.76. The van der Waals surface area contributed by atoms with E-state index in [0.29, 0.717) is 23.4 Å². The molecule has 4 aliphatic carbocycles. The fraction of sp³-hybridized carbons (Fsp3) is 0.714. The number of ketones is 2. The Morgan fingerprint density at radius 2 is 2.00 bits per heavy atom. The lowest BCUT2D eigenvalue weighted by Crippen LogP contribution is -2.47. The summed E-state index contributed by atoms with van der Waals surface area (Å²) in [6, 6.07) is 0. The van der Waals surface area contributed by atoms with Crippen molar-refractivity contribution in [3.8, 4) is 0 Å². The molecule has 0 saturated heterocycles. The number of carbonyl (C=O) groups excluding carboxylic acids is 2. The number of allylic oxidation sites excluding steroid dienone is 2. The first kappa shape index (κ1) is 15.4. The van der Waals surface area contributed by atoms with Gasteiger partial charge in [-0.3, -0.25) is 9.59 Å². The molecule has 0 aliphatic heterocycles. The van der Waals surface area contributed by atoms with Crippen LogP contribution in [-0.4, -0.2) is 11.6 Å². The van der Waals surface area contributed by atoms with Crippen LogP contribution in [0.4, 0.5) is 0 Å². The highest BCUT2D eigenvalue weighted by Crippen LogP contribution is 2.64. The van der Waals surface area contributed by atoms with Crippen molar-refractivity contribution in [2.45, 2.75) is 58.8 Å². The molecule has 0 N–H and O–H groups in total. The first-order valence-electron chi connectivity index (χ1n) is 9.33. The van der Waals surface area contributed by atoms with Gasteiger partial charge in [-0.1, -0.05) is 24.6 Å². The van der Waals surface area contributed by atoms with E-state index in [2.05, 4.69) is 13.5 Å². The van der Waals surface area contributed by atoms with Gasteiger partial charge in [0.1, 0.15) is 5.78 Å². The van der Waals surface area contributed by atoms with E-state index in [1.807, 2.05) is 6.08 Å². The zero-order chi connectivity index (χ0) is 16.4. The largest absolute Gasteiger partial charge is 0.299 e. The summed E-state index contributed by atoms with van der Waals surface area (Å²) in [4.78, 5) is 24.0. The molecule has 0 aromatic carbocycles. The normalized spacial score (nSPS) is 45.8. The minimum Gasteiger partial charge on any atom is -0.299 e. The summed E-state index contributed by atoms with van der Waals surface area (Å²) in [7, 11) is 0. The number of carbonyl (C=O) groups is 2. The lowest BCUT2D eigenvalue weighted by Gasteiger charge is -2.53. The van der Waals surface area contributed by atoms with E-state index in [1.54, 1.807) is 6.92 Å². The zero-order valence-electron chi connectivity index (χ0n) is 14.4. The SMILES string of the molecule is C=C1CC2[C@@H]3CCC4=CC(=O)CC[C@@H]4C3CCC2(C)[C@H]1C(C)=O. The molecule has 4 aliphatic rings. The lowest BCUT2D eigenvalue weighted by molar-refractivity contribution is -0.126. The smallest absolute Gasteiger partial charge is 0.155 e. The summed E-state index contributed by atoms with van der Waals surface area (Å²) >= 11 is 0. The van der Waals surface area contributed by atoms with Crippen LogP contribution in [0.25, 0.3) is 0 Å². The molecule has 0 heterocycles. The molecule has 3 saturated carbocycles. The molecule has 3 unspecified atom stereocenters. The lowest BCUT2D eigenvalue weighted by atomic mass is 9.51. The molecule has 2 nitrogen and oxygen atoms in total. The Morgan fingerprint density at radius 1 is 1.22 bits per heavy atom. The number of hydrogen-bond donors (Lipinski definition) is 0. The first-order valence-corrected chi connectivity index (χ1v) is 9.33.